The van der Waals surface area contributed by atoms with Crippen LogP contribution in [0.15, 0.2) is 4.79 Å². The number of aryl methyl sites for hydroxylation is 1. The number of rotatable bonds is 1. The van der Waals surface area contributed by atoms with Crippen LogP contribution >= 0.6 is 0 Å². The van der Waals surface area contributed by atoms with Crippen molar-refractivity contribution in [3.63, 3.8) is 0 Å². The maximum Gasteiger partial charge on any atom is 0.255 e. The Labute approximate surface area is 69.8 Å². The topological polar surface area (TPSA) is 71.8 Å². The number of anilines is 1. The smallest absolute Gasteiger partial charge is 0.255 e. The van der Waals surface area contributed by atoms with Gasteiger partial charge in [0.25, 0.3) is 5.56 Å². The number of nitrogen functional groups attached to an aromatic ring is 1. The molecule has 64 valence electrons. The Morgan fingerprint density at radius 2 is 2.25 bits per heavy atom. The number of hydrogen-bond acceptors (Lipinski definition) is 3. The first-order valence-corrected chi connectivity index (χ1v) is 4.05. The molecule has 0 aromatic carbocycles. The minimum absolute atomic E-state index is 0.0671. The Hall–Kier alpha value is -1.32. The predicted octanol–water partition coefficient (Wildman–Crippen LogP) is 0.538. The third-order valence-corrected chi connectivity index (χ3v) is 2.15. The number of hydrogen-bond donors (Lipinski definition) is 2. The van der Waals surface area contributed by atoms with Crippen molar-refractivity contribution in [2.45, 2.75) is 25.7 Å². The van der Waals surface area contributed by atoms with Crippen LogP contribution in [0.2, 0.25) is 0 Å². The number of aromatic nitrogens is 2. The molecule has 1 aromatic heterocycles. The van der Waals surface area contributed by atoms with Gasteiger partial charge < -0.3 is 5.73 Å². The molecule has 3 N–H and O–H groups in total. The van der Waals surface area contributed by atoms with Crippen molar-refractivity contribution in [1.82, 2.24) is 9.97 Å². The first-order valence-electron chi connectivity index (χ1n) is 4.05. The lowest BCUT2D eigenvalue weighted by Gasteiger charge is -2.01. The molecule has 4 heteroatoms. The molecule has 0 unspecified atom stereocenters. The average molecular weight is 165 g/mol. The number of nitrogens with one attached hydrogen (secondary N) is 1. The summed E-state index contributed by atoms with van der Waals surface area (Å²) in [6.07, 6.45) is 2.21. The van der Waals surface area contributed by atoms with Crippen LogP contribution in [0.25, 0.3) is 0 Å². The minimum atomic E-state index is -0.0671. The fraction of sp³-hybridized carbons (Fsp3) is 0.500. The highest BCUT2D eigenvalue weighted by atomic mass is 16.1. The predicted molar refractivity (Wildman–Crippen MR) is 46.0 cm³/mol. The molecule has 12 heavy (non-hydrogen) atoms. The maximum absolute atomic E-state index is 11.4. The standard InChI is InChI=1S/C8H11N3O/c1-4-6(5-2-3-5)7(12)11-8(9)10-4/h5H,2-3H2,1H3,(H3,9,10,11,12). The van der Waals surface area contributed by atoms with Crippen LogP contribution in [0.3, 0.4) is 0 Å². The highest BCUT2D eigenvalue weighted by Gasteiger charge is 2.28. The quantitative estimate of drug-likeness (QED) is 0.637. The summed E-state index contributed by atoms with van der Waals surface area (Å²) in [6, 6.07) is 0. The van der Waals surface area contributed by atoms with Crippen molar-refractivity contribution in [1.29, 1.82) is 0 Å². The first-order chi connectivity index (χ1) is 5.68. The van der Waals surface area contributed by atoms with E-state index in [4.69, 9.17) is 5.73 Å². The summed E-state index contributed by atoms with van der Waals surface area (Å²) in [7, 11) is 0. The van der Waals surface area contributed by atoms with E-state index in [0.29, 0.717) is 5.92 Å². The Morgan fingerprint density at radius 1 is 1.58 bits per heavy atom. The molecule has 0 atom stereocenters. The molecule has 0 spiro atoms. The van der Waals surface area contributed by atoms with E-state index in [2.05, 4.69) is 9.97 Å². The second-order valence-electron chi connectivity index (χ2n) is 3.22. The molecule has 2 rings (SSSR count). The van der Waals surface area contributed by atoms with Gasteiger partial charge in [0.15, 0.2) is 0 Å². The number of nitrogens with zero attached hydrogens (tertiary/aromatic N) is 1. The highest BCUT2D eigenvalue weighted by molar-refractivity contribution is 5.29. The largest absolute Gasteiger partial charge is 0.369 e. The van der Waals surface area contributed by atoms with Gasteiger partial charge in [-0.05, 0) is 25.7 Å². The van der Waals surface area contributed by atoms with Gasteiger partial charge in [-0.3, -0.25) is 9.78 Å². The highest BCUT2D eigenvalue weighted by Crippen LogP contribution is 2.39. The first kappa shape index (κ1) is 7.34. The summed E-state index contributed by atoms with van der Waals surface area (Å²) < 4.78 is 0. The Bertz CT molecular complexity index is 365. The van der Waals surface area contributed by atoms with Gasteiger partial charge in [0, 0.05) is 5.56 Å². The van der Waals surface area contributed by atoms with Crippen molar-refractivity contribution < 1.29 is 0 Å². The molecule has 0 radical (unpaired) electrons. The number of H-pyrrole nitrogens is 1. The van der Waals surface area contributed by atoms with E-state index < -0.39 is 0 Å². The molecule has 1 aliphatic rings. The third-order valence-electron chi connectivity index (χ3n) is 2.15. The summed E-state index contributed by atoms with van der Waals surface area (Å²) in [6.45, 7) is 1.83. The van der Waals surface area contributed by atoms with Crippen LogP contribution in [0.4, 0.5) is 5.95 Å². The van der Waals surface area contributed by atoms with Gasteiger partial charge >= 0.3 is 0 Å². The second kappa shape index (κ2) is 2.33. The molecule has 0 aliphatic heterocycles. The van der Waals surface area contributed by atoms with E-state index in [1.54, 1.807) is 0 Å². The molecule has 1 aromatic rings. The fourth-order valence-electron chi connectivity index (χ4n) is 1.47. The summed E-state index contributed by atoms with van der Waals surface area (Å²) in [5, 5.41) is 0. The molecule has 0 bridgehead atoms. The van der Waals surface area contributed by atoms with Crippen LogP contribution in [-0.4, -0.2) is 9.97 Å². The van der Waals surface area contributed by atoms with Gasteiger partial charge in [0.05, 0.1) is 5.69 Å². The summed E-state index contributed by atoms with van der Waals surface area (Å²) in [5.41, 5.74) is 6.92. The second-order valence-corrected chi connectivity index (χ2v) is 3.22. The molecule has 1 aliphatic carbocycles. The average Bonchev–Trinajstić information content (AvgIpc) is 2.68. The Kier molecular flexibility index (Phi) is 1.43. The van der Waals surface area contributed by atoms with Gasteiger partial charge in [0.2, 0.25) is 5.95 Å². The monoisotopic (exact) mass is 165 g/mol. The third kappa shape index (κ3) is 1.09. The molecule has 1 fully saturated rings. The number of nitrogens with two attached hydrogens (primary N) is 1. The van der Waals surface area contributed by atoms with E-state index in [1.165, 1.54) is 0 Å². The van der Waals surface area contributed by atoms with Gasteiger partial charge in [0.1, 0.15) is 0 Å². The van der Waals surface area contributed by atoms with Gasteiger partial charge in [-0.1, -0.05) is 0 Å². The lowest BCUT2D eigenvalue weighted by atomic mass is 10.1. The van der Waals surface area contributed by atoms with Crippen molar-refractivity contribution in [2.24, 2.45) is 0 Å². The van der Waals surface area contributed by atoms with Crippen molar-refractivity contribution >= 4 is 5.95 Å². The van der Waals surface area contributed by atoms with E-state index in [0.717, 1.165) is 24.1 Å². The number of aromatic amines is 1. The van der Waals surface area contributed by atoms with Gasteiger partial charge in [-0.15, -0.1) is 0 Å². The molecule has 0 amide bonds. The zero-order valence-corrected chi connectivity index (χ0v) is 6.92. The summed E-state index contributed by atoms with van der Waals surface area (Å²) in [4.78, 5) is 17.9. The normalized spacial score (nSPS) is 16.4. The Balaban J connectivity index is 2.59. The molecular weight excluding hydrogens is 154 g/mol. The van der Waals surface area contributed by atoms with Crippen LogP contribution in [-0.2, 0) is 0 Å². The fourth-order valence-corrected chi connectivity index (χ4v) is 1.47. The molecule has 0 saturated heterocycles. The molecule has 1 saturated carbocycles. The minimum Gasteiger partial charge on any atom is -0.369 e. The van der Waals surface area contributed by atoms with Crippen molar-refractivity contribution in [3.8, 4) is 0 Å². The zero-order chi connectivity index (χ0) is 8.72. The van der Waals surface area contributed by atoms with Crippen LogP contribution in [0.1, 0.15) is 30.0 Å². The maximum atomic E-state index is 11.4. The molecule has 1 heterocycles. The summed E-state index contributed by atoms with van der Waals surface area (Å²) >= 11 is 0. The van der Waals surface area contributed by atoms with E-state index in [9.17, 15) is 4.79 Å². The SMILES string of the molecule is Cc1nc(N)[nH]c(=O)c1C1CC1. The molecule has 4 nitrogen and oxygen atoms in total. The zero-order valence-electron chi connectivity index (χ0n) is 6.92. The van der Waals surface area contributed by atoms with Crippen molar-refractivity contribution in [2.75, 3.05) is 5.73 Å². The van der Waals surface area contributed by atoms with Crippen LogP contribution in [0.5, 0.6) is 0 Å². The van der Waals surface area contributed by atoms with E-state index >= 15 is 0 Å². The Morgan fingerprint density at radius 3 is 2.75 bits per heavy atom. The lowest BCUT2D eigenvalue weighted by molar-refractivity contribution is 0.963. The van der Waals surface area contributed by atoms with Crippen LogP contribution in [0, 0.1) is 6.92 Å². The van der Waals surface area contributed by atoms with Crippen LogP contribution < -0.4 is 11.3 Å². The van der Waals surface area contributed by atoms with Gasteiger partial charge in [-0.25, -0.2) is 4.98 Å². The van der Waals surface area contributed by atoms with Crippen molar-refractivity contribution in [3.05, 3.63) is 21.6 Å². The summed E-state index contributed by atoms with van der Waals surface area (Å²) in [5.74, 6) is 0.642. The molecular formula is C8H11N3O. The van der Waals surface area contributed by atoms with E-state index in [1.807, 2.05) is 6.92 Å². The van der Waals surface area contributed by atoms with E-state index in [-0.39, 0.29) is 11.5 Å². The lowest BCUT2D eigenvalue weighted by Crippen LogP contribution is -2.17. The van der Waals surface area contributed by atoms with Gasteiger partial charge in [-0.2, -0.15) is 0 Å².